The molecule has 0 saturated carbocycles. The van der Waals surface area contributed by atoms with Crippen molar-refractivity contribution >= 4 is 29.0 Å². The van der Waals surface area contributed by atoms with Crippen LogP contribution in [0.2, 0.25) is 0 Å². The molecule has 1 amide bonds. The summed E-state index contributed by atoms with van der Waals surface area (Å²) >= 11 is 3.25. The van der Waals surface area contributed by atoms with Crippen LogP contribution in [0.5, 0.6) is 0 Å². The molecule has 102 valence electrons. The molecule has 0 aliphatic rings. The Kier molecular flexibility index (Phi) is 7.99. The van der Waals surface area contributed by atoms with E-state index in [0.29, 0.717) is 26.2 Å². The van der Waals surface area contributed by atoms with Gasteiger partial charge in [0.2, 0.25) is 5.91 Å². The Bertz CT molecular complexity index is 358. The number of amides is 1. The van der Waals surface area contributed by atoms with E-state index in [0.717, 1.165) is 15.8 Å². The summed E-state index contributed by atoms with van der Waals surface area (Å²) in [6, 6.07) is 0. The molecule has 0 saturated heterocycles. The topological polar surface area (TPSA) is 71.5 Å². The number of nitrogens with one attached hydrogen (secondary N) is 1. The number of carbonyl (C=O) groups is 1. The molecule has 1 aromatic heterocycles. The highest BCUT2D eigenvalue weighted by Gasteiger charge is 2.07. The standard InChI is InChI=1S/C11H18N2O3S2/c1-2-17-11-13-9(8-18-11)7-10(15)12-3-5-16-6-4-14/h8,14H,2-7H2,1H3,(H,12,15). The van der Waals surface area contributed by atoms with E-state index < -0.39 is 0 Å². The Morgan fingerprint density at radius 2 is 2.44 bits per heavy atom. The largest absolute Gasteiger partial charge is 0.394 e. The maximum atomic E-state index is 11.6. The van der Waals surface area contributed by atoms with Crippen LogP contribution in [0, 0.1) is 0 Å². The van der Waals surface area contributed by atoms with Crippen molar-refractivity contribution in [3.63, 3.8) is 0 Å². The summed E-state index contributed by atoms with van der Waals surface area (Å²) in [6.07, 6.45) is 0.306. The van der Waals surface area contributed by atoms with E-state index in [2.05, 4.69) is 17.2 Å². The average Bonchev–Trinajstić information content (AvgIpc) is 2.77. The van der Waals surface area contributed by atoms with Crippen molar-refractivity contribution in [2.75, 3.05) is 32.1 Å². The SMILES string of the molecule is CCSc1nc(CC(=O)NCCOCCO)cs1. The van der Waals surface area contributed by atoms with Crippen molar-refractivity contribution in [3.8, 4) is 0 Å². The molecule has 1 heterocycles. The van der Waals surface area contributed by atoms with E-state index in [1.165, 1.54) is 0 Å². The third kappa shape index (κ3) is 6.34. The number of hydrogen-bond acceptors (Lipinski definition) is 6. The quantitative estimate of drug-likeness (QED) is 0.523. The van der Waals surface area contributed by atoms with Gasteiger partial charge in [0, 0.05) is 11.9 Å². The first-order chi connectivity index (χ1) is 8.76. The molecule has 0 aromatic carbocycles. The van der Waals surface area contributed by atoms with Gasteiger partial charge in [0.15, 0.2) is 0 Å². The highest BCUT2D eigenvalue weighted by Crippen LogP contribution is 2.22. The number of hydrogen-bond donors (Lipinski definition) is 2. The monoisotopic (exact) mass is 290 g/mol. The highest BCUT2D eigenvalue weighted by atomic mass is 32.2. The molecule has 1 aromatic rings. The summed E-state index contributed by atoms with van der Waals surface area (Å²) in [5.74, 6) is 0.933. The Labute approximate surface area is 115 Å². The number of ether oxygens (including phenoxy) is 1. The molecule has 2 N–H and O–H groups in total. The lowest BCUT2D eigenvalue weighted by Crippen LogP contribution is -2.29. The maximum absolute atomic E-state index is 11.6. The van der Waals surface area contributed by atoms with E-state index in [1.807, 2.05) is 5.38 Å². The first kappa shape index (κ1) is 15.4. The van der Waals surface area contributed by atoms with Crippen LogP contribution in [0.4, 0.5) is 0 Å². The van der Waals surface area contributed by atoms with Gasteiger partial charge in [-0.15, -0.1) is 11.3 Å². The summed E-state index contributed by atoms with van der Waals surface area (Å²) < 4.78 is 6.04. The van der Waals surface area contributed by atoms with Crippen LogP contribution in [0.25, 0.3) is 0 Å². The summed E-state index contributed by atoms with van der Waals surface area (Å²) in [5, 5.41) is 13.2. The van der Waals surface area contributed by atoms with Crippen LogP contribution in [0.1, 0.15) is 12.6 Å². The first-order valence-corrected chi connectivity index (χ1v) is 7.65. The van der Waals surface area contributed by atoms with Gasteiger partial charge in [-0.3, -0.25) is 4.79 Å². The molecule has 7 heteroatoms. The second kappa shape index (κ2) is 9.32. The van der Waals surface area contributed by atoms with Crippen LogP contribution in [0.15, 0.2) is 9.72 Å². The molecule has 0 radical (unpaired) electrons. The number of carbonyl (C=O) groups excluding carboxylic acids is 1. The maximum Gasteiger partial charge on any atom is 0.226 e. The minimum absolute atomic E-state index is 0.00461. The highest BCUT2D eigenvalue weighted by molar-refractivity contribution is 8.00. The normalized spacial score (nSPS) is 10.6. The Hall–Kier alpha value is -0.630. The van der Waals surface area contributed by atoms with Gasteiger partial charge in [-0.05, 0) is 5.75 Å². The number of rotatable bonds is 9. The molecule has 0 fully saturated rings. The van der Waals surface area contributed by atoms with E-state index in [-0.39, 0.29) is 12.5 Å². The Balaban J connectivity index is 2.18. The number of nitrogens with zero attached hydrogens (tertiary/aromatic N) is 1. The molecule has 0 atom stereocenters. The molecule has 5 nitrogen and oxygen atoms in total. The van der Waals surface area contributed by atoms with Gasteiger partial charge in [0.25, 0.3) is 0 Å². The number of aliphatic hydroxyl groups is 1. The molecule has 18 heavy (non-hydrogen) atoms. The van der Waals surface area contributed by atoms with Gasteiger partial charge in [0.05, 0.1) is 31.9 Å². The predicted octanol–water partition coefficient (Wildman–Crippen LogP) is 0.923. The van der Waals surface area contributed by atoms with Crippen LogP contribution in [0.3, 0.4) is 0 Å². The molecular weight excluding hydrogens is 272 g/mol. The molecule has 0 aliphatic heterocycles. The van der Waals surface area contributed by atoms with Crippen molar-refractivity contribution in [3.05, 3.63) is 11.1 Å². The van der Waals surface area contributed by atoms with E-state index in [4.69, 9.17) is 9.84 Å². The molecular formula is C11H18N2O3S2. The molecule has 0 unspecified atom stereocenters. The molecule has 0 spiro atoms. The molecule has 0 aliphatic carbocycles. The van der Waals surface area contributed by atoms with Crippen molar-refractivity contribution in [1.82, 2.24) is 10.3 Å². The van der Waals surface area contributed by atoms with Crippen LogP contribution in [-0.2, 0) is 16.0 Å². The number of aliphatic hydroxyl groups excluding tert-OH is 1. The van der Waals surface area contributed by atoms with Crippen LogP contribution < -0.4 is 5.32 Å². The smallest absolute Gasteiger partial charge is 0.226 e. The lowest BCUT2D eigenvalue weighted by molar-refractivity contribution is -0.120. The van der Waals surface area contributed by atoms with Crippen LogP contribution >= 0.6 is 23.1 Å². The van der Waals surface area contributed by atoms with E-state index in [9.17, 15) is 4.79 Å². The van der Waals surface area contributed by atoms with Gasteiger partial charge < -0.3 is 15.2 Å². The summed E-state index contributed by atoms with van der Waals surface area (Å²) in [6.45, 7) is 3.26. The zero-order valence-corrected chi connectivity index (χ0v) is 12.0. The summed E-state index contributed by atoms with van der Waals surface area (Å²) in [4.78, 5) is 15.9. The minimum atomic E-state index is -0.0547. The van der Waals surface area contributed by atoms with Gasteiger partial charge in [0.1, 0.15) is 4.34 Å². The molecule has 0 bridgehead atoms. The average molecular weight is 290 g/mol. The van der Waals surface area contributed by atoms with Gasteiger partial charge >= 0.3 is 0 Å². The fourth-order valence-corrected chi connectivity index (χ4v) is 2.96. The van der Waals surface area contributed by atoms with Gasteiger partial charge in [-0.1, -0.05) is 18.7 Å². The zero-order valence-electron chi connectivity index (χ0n) is 10.3. The summed E-state index contributed by atoms with van der Waals surface area (Å²) in [5.41, 5.74) is 0.810. The zero-order chi connectivity index (χ0) is 13.2. The van der Waals surface area contributed by atoms with Crippen LogP contribution in [-0.4, -0.2) is 48.1 Å². The second-order valence-electron chi connectivity index (χ2n) is 3.40. The second-order valence-corrected chi connectivity index (χ2v) is 5.77. The van der Waals surface area contributed by atoms with Gasteiger partial charge in [-0.2, -0.15) is 0 Å². The third-order valence-electron chi connectivity index (χ3n) is 1.94. The minimum Gasteiger partial charge on any atom is -0.394 e. The Morgan fingerprint density at radius 3 is 3.17 bits per heavy atom. The fraction of sp³-hybridized carbons (Fsp3) is 0.636. The predicted molar refractivity (Wildman–Crippen MR) is 73.1 cm³/mol. The van der Waals surface area contributed by atoms with E-state index in [1.54, 1.807) is 23.1 Å². The van der Waals surface area contributed by atoms with Crippen molar-refractivity contribution in [2.24, 2.45) is 0 Å². The number of thioether (sulfide) groups is 1. The molecule has 1 rings (SSSR count). The lowest BCUT2D eigenvalue weighted by Gasteiger charge is -2.04. The number of thiazole rings is 1. The fourth-order valence-electron chi connectivity index (χ4n) is 1.22. The first-order valence-electron chi connectivity index (χ1n) is 5.78. The third-order valence-corrected chi connectivity index (χ3v) is 3.90. The van der Waals surface area contributed by atoms with Crippen molar-refractivity contribution < 1.29 is 14.6 Å². The summed E-state index contributed by atoms with van der Waals surface area (Å²) in [7, 11) is 0. The Morgan fingerprint density at radius 1 is 1.61 bits per heavy atom. The van der Waals surface area contributed by atoms with Crippen molar-refractivity contribution in [1.29, 1.82) is 0 Å². The number of aromatic nitrogens is 1. The van der Waals surface area contributed by atoms with Crippen molar-refractivity contribution in [2.45, 2.75) is 17.7 Å². The van der Waals surface area contributed by atoms with E-state index >= 15 is 0 Å². The lowest BCUT2D eigenvalue weighted by atomic mass is 10.3. The van der Waals surface area contributed by atoms with Gasteiger partial charge in [-0.25, -0.2) is 4.98 Å².